The first-order valence-electron chi connectivity index (χ1n) is 8.75. The number of nitrogens with zero attached hydrogens (tertiary/aromatic N) is 3. The Morgan fingerprint density at radius 1 is 1.23 bits per heavy atom. The molecule has 1 aliphatic rings. The maximum absolute atomic E-state index is 12.4. The Morgan fingerprint density at radius 2 is 2.00 bits per heavy atom. The molecule has 1 aliphatic heterocycles. The summed E-state index contributed by atoms with van der Waals surface area (Å²) in [6.07, 6.45) is 0.961. The normalized spacial score (nSPS) is 13.4. The van der Waals surface area contributed by atoms with E-state index in [9.17, 15) is 9.59 Å². The number of benzene rings is 1. The van der Waals surface area contributed by atoms with Crippen molar-refractivity contribution in [2.45, 2.75) is 26.3 Å². The van der Waals surface area contributed by atoms with Gasteiger partial charge in [-0.05, 0) is 19.1 Å². The van der Waals surface area contributed by atoms with Gasteiger partial charge in [-0.3, -0.25) is 4.79 Å². The molecule has 0 bridgehead atoms. The molecule has 0 spiro atoms. The predicted octanol–water partition coefficient (Wildman–Crippen LogP) is 1.97. The highest BCUT2D eigenvalue weighted by Gasteiger charge is 2.30. The number of hydrogen-bond donors (Lipinski definition) is 0. The van der Waals surface area contributed by atoms with Gasteiger partial charge in [-0.25, -0.2) is 9.48 Å². The number of esters is 1. The van der Waals surface area contributed by atoms with Crippen LogP contribution in [0, 0.1) is 0 Å². The molecule has 1 amide bonds. The van der Waals surface area contributed by atoms with Gasteiger partial charge >= 0.3 is 5.97 Å². The monoisotopic (exact) mass is 357 g/mol. The number of rotatable bonds is 6. The van der Waals surface area contributed by atoms with Crippen LogP contribution in [0.25, 0.3) is 5.69 Å². The molecule has 2 heterocycles. The topological polar surface area (TPSA) is 73.7 Å². The first-order valence-corrected chi connectivity index (χ1v) is 8.75. The minimum absolute atomic E-state index is 0.0137. The van der Waals surface area contributed by atoms with Crippen molar-refractivity contribution in [1.82, 2.24) is 14.7 Å². The van der Waals surface area contributed by atoms with E-state index in [2.05, 4.69) is 5.10 Å². The number of para-hydroxylation sites is 1. The molecule has 0 saturated carbocycles. The van der Waals surface area contributed by atoms with Crippen LogP contribution in [0.3, 0.4) is 0 Å². The lowest BCUT2D eigenvalue weighted by Crippen LogP contribution is -2.37. The quantitative estimate of drug-likeness (QED) is 0.739. The van der Waals surface area contributed by atoms with Gasteiger partial charge in [0.2, 0.25) is 5.91 Å². The highest BCUT2D eigenvalue weighted by molar-refractivity contribution is 5.89. The van der Waals surface area contributed by atoms with Gasteiger partial charge in [0.05, 0.1) is 31.0 Å². The lowest BCUT2D eigenvalue weighted by molar-refractivity contribution is -0.133. The fraction of sp³-hybridized carbons (Fsp3) is 0.421. The number of carbonyl (C=O) groups is 2. The van der Waals surface area contributed by atoms with E-state index in [4.69, 9.17) is 9.47 Å². The summed E-state index contributed by atoms with van der Waals surface area (Å²) in [7, 11) is 1.57. The summed E-state index contributed by atoms with van der Waals surface area (Å²) in [4.78, 5) is 26.5. The Morgan fingerprint density at radius 3 is 2.69 bits per heavy atom. The average Bonchev–Trinajstić information content (AvgIpc) is 3.06. The zero-order valence-corrected chi connectivity index (χ0v) is 15.1. The number of fused-ring (bicyclic) bond motifs is 1. The van der Waals surface area contributed by atoms with Crippen LogP contribution in [0.2, 0.25) is 0 Å². The summed E-state index contributed by atoms with van der Waals surface area (Å²) in [6, 6.07) is 9.67. The van der Waals surface area contributed by atoms with E-state index in [0.717, 1.165) is 16.9 Å². The van der Waals surface area contributed by atoms with Crippen molar-refractivity contribution in [1.29, 1.82) is 0 Å². The Kier molecular flexibility index (Phi) is 5.68. The first-order chi connectivity index (χ1) is 12.7. The second-order valence-electron chi connectivity index (χ2n) is 6.05. The van der Waals surface area contributed by atoms with Crippen LogP contribution in [0.5, 0.6) is 0 Å². The minimum Gasteiger partial charge on any atom is -0.461 e. The third-order valence-corrected chi connectivity index (χ3v) is 4.40. The molecule has 2 aromatic rings. The van der Waals surface area contributed by atoms with Crippen LogP contribution in [-0.4, -0.2) is 53.4 Å². The molecule has 7 heteroatoms. The molecule has 0 radical (unpaired) electrons. The molecule has 0 aliphatic carbocycles. The maximum Gasteiger partial charge on any atom is 0.359 e. The number of methoxy groups -OCH3 is 1. The third-order valence-electron chi connectivity index (χ3n) is 4.40. The van der Waals surface area contributed by atoms with Gasteiger partial charge in [0.25, 0.3) is 0 Å². The van der Waals surface area contributed by atoms with E-state index in [0.29, 0.717) is 32.5 Å². The third kappa shape index (κ3) is 3.62. The molecule has 0 saturated heterocycles. The summed E-state index contributed by atoms with van der Waals surface area (Å²) >= 11 is 0. The van der Waals surface area contributed by atoms with Gasteiger partial charge in [-0.2, -0.15) is 5.10 Å². The molecule has 3 rings (SSSR count). The van der Waals surface area contributed by atoms with Gasteiger partial charge in [-0.1, -0.05) is 18.2 Å². The van der Waals surface area contributed by atoms with Crippen molar-refractivity contribution in [3.63, 3.8) is 0 Å². The van der Waals surface area contributed by atoms with Crippen LogP contribution in [0.15, 0.2) is 30.3 Å². The number of carbonyl (C=O) groups excluding carboxylic acids is 2. The van der Waals surface area contributed by atoms with Crippen LogP contribution < -0.4 is 0 Å². The van der Waals surface area contributed by atoms with Crippen LogP contribution in [-0.2, 0) is 27.2 Å². The molecule has 0 unspecified atom stereocenters. The van der Waals surface area contributed by atoms with Crippen molar-refractivity contribution in [2.75, 3.05) is 26.9 Å². The van der Waals surface area contributed by atoms with Crippen molar-refractivity contribution < 1.29 is 19.1 Å². The first kappa shape index (κ1) is 18.1. The molecular weight excluding hydrogens is 334 g/mol. The van der Waals surface area contributed by atoms with E-state index in [1.165, 1.54) is 0 Å². The largest absolute Gasteiger partial charge is 0.461 e. The van der Waals surface area contributed by atoms with E-state index in [1.807, 2.05) is 30.3 Å². The summed E-state index contributed by atoms with van der Waals surface area (Å²) in [6.45, 7) is 3.38. The van der Waals surface area contributed by atoms with E-state index >= 15 is 0 Å². The average molecular weight is 357 g/mol. The Bertz CT molecular complexity index is 786. The Balaban J connectivity index is 1.96. The predicted molar refractivity (Wildman–Crippen MR) is 95.1 cm³/mol. The second-order valence-corrected chi connectivity index (χ2v) is 6.05. The van der Waals surface area contributed by atoms with E-state index < -0.39 is 5.97 Å². The van der Waals surface area contributed by atoms with Crippen molar-refractivity contribution in [3.05, 3.63) is 47.3 Å². The van der Waals surface area contributed by atoms with Gasteiger partial charge in [0.1, 0.15) is 0 Å². The zero-order chi connectivity index (χ0) is 18.5. The highest BCUT2D eigenvalue weighted by Crippen LogP contribution is 2.26. The SMILES string of the molecule is CCOC(=O)c1nn(-c2ccccc2)c2c1CN(C(=O)CCOC)CC2. The van der Waals surface area contributed by atoms with Crippen molar-refractivity contribution >= 4 is 11.9 Å². The molecule has 26 heavy (non-hydrogen) atoms. The van der Waals surface area contributed by atoms with Gasteiger partial charge in [-0.15, -0.1) is 0 Å². The maximum atomic E-state index is 12.4. The lowest BCUT2D eigenvalue weighted by atomic mass is 10.0. The number of ether oxygens (including phenoxy) is 2. The van der Waals surface area contributed by atoms with Crippen LogP contribution in [0.4, 0.5) is 0 Å². The Labute approximate surface area is 152 Å². The van der Waals surface area contributed by atoms with E-state index in [-0.39, 0.29) is 18.2 Å². The smallest absolute Gasteiger partial charge is 0.359 e. The summed E-state index contributed by atoms with van der Waals surface area (Å²) in [5, 5.41) is 4.52. The lowest BCUT2D eigenvalue weighted by Gasteiger charge is -2.27. The second kappa shape index (κ2) is 8.14. The fourth-order valence-corrected chi connectivity index (χ4v) is 3.13. The van der Waals surface area contributed by atoms with Crippen molar-refractivity contribution in [3.8, 4) is 5.69 Å². The standard InChI is InChI=1S/C19H23N3O4/c1-3-26-19(24)18-15-13-21(17(23)10-12-25-2)11-9-16(15)22(20-18)14-7-5-4-6-8-14/h4-8H,3,9-13H2,1-2H3. The fourth-order valence-electron chi connectivity index (χ4n) is 3.13. The molecule has 0 fully saturated rings. The molecule has 0 atom stereocenters. The molecule has 7 nitrogen and oxygen atoms in total. The molecule has 1 aromatic heterocycles. The van der Waals surface area contributed by atoms with Gasteiger partial charge < -0.3 is 14.4 Å². The summed E-state index contributed by atoms with van der Waals surface area (Å²) in [5.41, 5.74) is 2.90. The van der Waals surface area contributed by atoms with Crippen molar-refractivity contribution in [2.24, 2.45) is 0 Å². The summed E-state index contributed by atoms with van der Waals surface area (Å²) in [5.74, 6) is -0.440. The van der Waals surface area contributed by atoms with Gasteiger partial charge in [0.15, 0.2) is 5.69 Å². The van der Waals surface area contributed by atoms with Crippen LogP contribution >= 0.6 is 0 Å². The Hall–Kier alpha value is -2.67. The van der Waals surface area contributed by atoms with E-state index in [1.54, 1.807) is 23.6 Å². The van der Waals surface area contributed by atoms with Gasteiger partial charge in [0, 0.05) is 32.2 Å². The number of amides is 1. The zero-order valence-electron chi connectivity index (χ0n) is 15.1. The van der Waals surface area contributed by atoms with Crippen LogP contribution in [0.1, 0.15) is 35.1 Å². The molecule has 138 valence electrons. The minimum atomic E-state index is -0.454. The highest BCUT2D eigenvalue weighted by atomic mass is 16.5. The molecule has 0 N–H and O–H groups in total. The number of hydrogen-bond acceptors (Lipinski definition) is 5. The summed E-state index contributed by atoms with van der Waals surface area (Å²) < 4.78 is 11.9. The number of aromatic nitrogens is 2. The molecular formula is C19H23N3O4. The molecule has 1 aromatic carbocycles.